The molecule has 26 heavy (non-hydrogen) atoms. The molecule has 0 amide bonds. The molecular formula is C18H23N5O2S. The van der Waals surface area contributed by atoms with Crippen LogP contribution in [0.2, 0.25) is 0 Å². The molecule has 0 aromatic carbocycles. The summed E-state index contributed by atoms with van der Waals surface area (Å²) in [4.78, 5) is 14.0. The summed E-state index contributed by atoms with van der Waals surface area (Å²) in [5.74, 6) is 2.76. The average Bonchev–Trinajstić information content (AvgIpc) is 3.35. The van der Waals surface area contributed by atoms with E-state index < -0.39 is 0 Å². The zero-order valence-corrected chi connectivity index (χ0v) is 16.2. The van der Waals surface area contributed by atoms with Crippen molar-refractivity contribution < 1.29 is 8.83 Å². The summed E-state index contributed by atoms with van der Waals surface area (Å²) in [5.41, 5.74) is 0.751. The fourth-order valence-electron chi connectivity index (χ4n) is 2.19. The lowest BCUT2D eigenvalue weighted by atomic mass is 9.94. The predicted octanol–water partition coefficient (Wildman–Crippen LogP) is 3.55. The van der Waals surface area contributed by atoms with Crippen molar-refractivity contribution in [2.45, 2.75) is 39.3 Å². The summed E-state index contributed by atoms with van der Waals surface area (Å²) in [6, 6.07) is 3.96. The van der Waals surface area contributed by atoms with E-state index in [9.17, 15) is 0 Å². The predicted molar refractivity (Wildman–Crippen MR) is 102 cm³/mol. The van der Waals surface area contributed by atoms with Crippen LogP contribution < -0.4 is 10.6 Å². The standard InChI is InChI=1S/C18H23N5O2S/c1-18(2,3)14-9-20-15(25-14)10-22-17(19-4)21-8-12-11-24-16(23-12)13-6-5-7-26-13/h5-7,9,11H,8,10H2,1-4H3,(H2,19,21,22). The molecule has 8 heteroatoms. The first-order chi connectivity index (χ1) is 12.5. The van der Waals surface area contributed by atoms with E-state index in [0.717, 1.165) is 16.3 Å². The summed E-state index contributed by atoms with van der Waals surface area (Å²) in [5, 5.41) is 8.38. The van der Waals surface area contributed by atoms with Crippen molar-refractivity contribution in [1.82, 2.24) is 20.6 Å². The Kier molecular flexibility index (Phi) is 5.41. The number of hydrogen-bond donors (Lipinski definition) is 2. The van der Waals surface area contributed by atoms with Crippen molar-refractivity contribution in [1.29, 1.82) is 0 Å². The zero-order chi connectivity index (χ0) is 18.6. The van der Waals surface area contributed by atoms with Gasteiger partial charge in [0.15, 0.2) is 5.96 Å². The first-order valence-corrected chi connectivity index (χ1v) is 9.21. The topological polar surface area (TPSA) is 88.5 Å². The Balaban J connectivity index is 1.51. The van der Waals surface area contributed by atoms with Gasteiger partial charge in [-0.3, -0.25) is 4.99 Å². The van der Waals surface area contributed by atoms with Crippen molar-refractivity contribution >= 4 is 17.3 Å². The summed E-state index contributed by atoms with van der Waals surface area (Å²) >= 11 is 1.60. The van der Waals surface area contributed by atoms with E-state index in [1.165, 1.54) is 0 Å². The number of rotatable bonds is 5. The quantitative estimate of drug-likeness (QED) is 0.525. The molecule has 2 N–H and O–H groups in total. The molecule has 0 aliphatic heterocycles. The van der Waals surface area contributed by atoms with Crippen LogP contribution in [0.15, 0.2) is 43.8 Å². The maximum absolute atomic E-state index is 5.77. The Labute approximate surface area is 156 Å². The SMILES string of the molecule is CN=C(NCc1coc(-c2cccs2)n1)NCc1ncc(C(C)(C)C)o1. The molecule has 0 spiro atoms. The molecule has 3 aromatic heterocycles. The molecule has 0 fully saturated rings. The highest BCUT2D eigenvalue weighted by Crippen LogP contribution is 2.24. The van der Waals surface area contributed by atoms with Crippen LogP contribution in [0.25, 0.3) is 10.8 Å². The number of nitrogens with one attached hydrogen (secondary N) is 2. The van der Waals surface area contributed by atoms with E-state index in [1.54, 1.807) is 30.8 Å². The third-order valence-corrected chi connectivity index (χ3v) is 4.50. The number of thiophene rings is 1. The van der Waals surface area contributed by atoms with Crippen LogP contribution >= 0.6 is 11.3 Å². The van der Waals surface area contributed by atoms with Gasteiger partial charge in [0.2, 0.25) is 11.8 Å². The third kappa shape index (κ3) is 4.51. The van der Waals surface area contributed by atoms with Gasteiger partial charge in [0, 0.05) is 12.5 Å². The number of aliphatic imine (C=N–C) groups is 1. The van der Waals surface area contributed by atoms with Crippen molar-refractivity contribution in [2.75, 3.05) is 7.05 Å². The number of hydrogen-bond acceptors (Lipinski definition) is 6. The van der Waals surface area contributed by atoms with E-state index in [-0.39, 0.29) is 5.41 Å². The molecule has 0 saturated carbocycles. The lowest BCUT2D eigenvalue weighted by molar-refractivity contribution is 0.379. The first-order valence-electron chi connectivity index (χ1n) is 8.33. The molecule has 3 rings (SSSR count). The van der Waals surface area contributed by atoms with Crippen LogP contribution in [0, 0.1) is 0 Å². The number of guanidine groups is 1. The van der Waals surface area contributed by atoms with Crippen molar-refractivity contribution in [2.24, 2.45) is 4.99 Å². The van der Waals surface area contributed by atoms with Gasteiger partial charge in [-0.2, -0.15) is 0 Å². The van der Waals surface area contributed by atoms with Gasteiger partial charge in [-0.15, -0.1) is 11.3 Å². The second-order valence-electron chi connectivity index (χ2n) is 6.77. The molecule has 7 nitrogen and oxygen atoms in total. The minimum atomic E-state index is -0.0571. The Morgan fingerprint density at radius 1 is 1.27 bits per heavy atom. The number of nitrogens with zero attached hydrogens (tertiary/aromatic N) is 3. The molecule has 0 radical (unpaired) electrons. The summed E-state index contributed by atoms with van der Waals surface area (Å²) in [7, 11) is 1.71. The Morgan fingerprint density at radius 3 is 2.73 bits per heavy atom. The highest BCUT2D eigenvalue weighted by Gasteiger charge is 2.19. The van der Waals surface area contributed by atoms with Crippen molar-refractivity contribution in [3.05, 3.63) is 47.3 Å². The van der Waals surface area contributed by atoms with E-state index in [1.807, 2.05) is 17.5 Å². The molecule has 0 aliphatic rings. The average molecular weight is 373 g/mol. The van der Waals surface area contributed by atoms with Gasteiger partial charge in [0.05, 0.1) is 29.9 Å². The summed E-state index contributed by atoms with van der Waals surface area (Å²) in [6.45, 7) is 7.23. The van der Waals surface area contributed by atoms with Crippen LogP contribution in [0.4, 0.5) is 0 Å². The minimum Gasteiger partial charge on any atom is -0.443 e. The second-order valence-corrected chi connectivity index (χ2v) is 7.72. The fourth-order valence-corrected chi connectivity index (χ4v) is 2.85. The lowest BCUT2D eigenvalue weighted by Gasteiger charge is -2.13. The molecule has 138 valence electrons. The van der Waals surface area contributed by atoms with Gasteiger partial charge in [-0.05, 0) is 11.4 Å². The maximum Gasteiger partial charge on any atom is 0.236 e. The Hall–Kier alpha value is -2.61. The van der Waals surface area contributed by atoms with Crippen LogP contribution in [0.5, 0.6) is 0 Å². The van der Waals surface area contributed by atoms with Gasteiger partial charge in [-0.1, -0.05) is 26.8 Å². The van der Waals surface area contributed by atoms with E-state index in [4.69, 9.17) is 8.83 Å². The summed E-state index contributed by atoms with van der Waals surface area (Å²) < 4.78 is 11.3. The minimum absolute atomic E-state index is 0.0571. The third-order valence-electron chi connectivity index (χ3n) is 3.64. The van der Waals surface area contributed by atoms with Crippen LogP contribution in [0.1, 0.15) is 38.1 Å². The smallest absolute Gasteiger partial charge is 0.236 e. The lowest BCUT2D eigenvalue weighted by Crippen LogP contribution is -2.36. The molecule has 0 unspecified atom stereocenters. The molecule has 3 heterocycles. The summed E-state index contributed by atoms with van der Waals surface area (Å²) in [6.07, 6.45) is 3.42. The van der Waals surface area contributed by atoms with E-state index in [2.05, 4.69) is 46.4 Å². The maximum atomic E-state index is 5.77. The molecule has 0 aliphatic carbocycles. The zero-order valence-electron chi connectivity index (χ0n) is 15.4. The molecule has 3 aromatic rings. The molecule has 0 atom stereocenters. The van der Waals surface area contributed by atoms with Gasteiger partial charge in [0.1, 0.15) is 12.0 Å². The second kappa shape index (κ2) is 7.74. The van der Waals surface area contributed by atoms with Gasteiger partial charge >= 0.3 is 0 Å². The van der Waals surface area contributed by atoms with E-state index >= 15 is 0 Å². The monoisotopic (exact) mass is 373 g/mol. The van der Waals surface area contributed by atoms with Gasteiger partial charge < -0.3 is 19.5 Å². The normalized spacial score (nSPS) is 12.4. The van der Waals surface area contributed by atoms with Crippen LogP contribution in [-0.2, 0) is 18.5 Å². The number of aromatic nitrogens is 2. The van der Waals surface area contributed by atoms with Crippen LogP contribution in [0.3, 0.4) is 0 Å². The first kappa shape index (κ1) is 18.2. The Bertz CT molecular complexity index is 858. The molecule has 0 bridgehead atoms. The van der Waals surface area contributed by atoms with Crippen molar-refractivity contribution in [3.8, 4) is 10.8 Å². The van der Waals surface area contributed by atoms with Gasteiger partial charge in [-0.25, -0.2) is 9.97 Å². The molecular weight excluding hydrogens is 350 g/mol. The largest absolute Gasteiger partial charge is 0.443 e. The van der Waals surface area contributed by atoms with Gasteiger partial charge in [0.25, 0.3) is 0 Å². The Morgan fingerprint density at radius 2 is 2.08 bits per heavy atom. The fraction of sp³-hybridized carbons (Fsp3) is 0.389. The molecule has 0 saturated heterocycles. The highest BCUT2D eigenvalue weighted by molar-refractivity contribution is 7.13. The highest BCUT2D eigenvalue weighted by atomic mass is 32.1. The number of oxazole rings is 2. The van der Waals surface area contributed by atoms with Crippen molar-refractivity contribution in [3.63, 3.8) is 0 Å². The van der Waals surface area contributed by atoms with E-state index in [0.29, 0.717) is 30.8 Å². The van der Waals surface area contributed by atoms with Crippen LogP contribution in [-0.4, -0.2) is 23.0 Å².